The van der Waals surface area contributed by atoms with Crippen molar-refractivity contribution in [3.05, 3.63) is 59.7 Å². The highest BCUT2D eigenvalue weighted by atomic mass is 32.2. The van der Waals surface area contributed by atoms with Gasteiger partial charge in [-0.2, -0.15) is 8.61 Å². The van der Waals surface area contributed by atoms with Crippen molar-refractivity contribution in [2.45, 2.75) is 23.6 Å². The minimum absolute atomic E-state index is 0.0364. The van der Waals surface area contributed by atoms with Crippen molar-refractivity contribution >= 4 is 32.0 Å². The molecule has 1 fully saturated rings. The van der Waals surface area contributed by atoms with Crippen LogP contribution in [0.5, 0.6) is 0 Å². The molecule has 1 aliphatic heterocycles. The van der Waals surface area contributed by atoms with Crippen molar-refractivity contribution in [1.82, 2.24) is 18.4 Å². The van der Waals surface area contributed by atoms with Gasteiger partial charge in [0.25, 0.3) is 0 Å². The first-order valence-electron chi connectivity index (χ1n) is 12.8. The first-order chi connectivity index (χ1) is 18.8. The van der Waals surface area contributed by atoms with Crippen molar-refractivity contribution in [2.24, 2.45) is 0 Å². The molecule has 0 aromatic heterocycles. The van der Waals surface area contributed by atoms with Crippen LogP contribution in [0.15, 0.2) is 58.3 Å². The molecule has 3 rings (SSSR count). The van der Waals surface area contributed by atoms with E-state index in [0.29, 0.717) is 0 Å². The van der Waals surface area contributed by atoms with Gasteiger partial charge in [-0.05, 0) is 38.1 Å². The molecule has 0 saturated carbocycles. The van der Waals surface area contributed by atoms with Gasteiger partial charge in [0.15, 0.2) is 0 Å². The summed E-state index contributed by atoms with van der Waals surface area (Å²) >= 11 is 0. The molecular weight excluding hydrogens is 560 g/mol. The Bertz CT molecular complexity index is 1260. The van der Waals surface area contributed by atoms with Crippen LogP contribution in [0.4, 0.5) is 0 Å². The lowest BCUT2D eigenvalue weighted by Crippen LogP contribution is -2.49. The molecular formula is C26H36N4O8S2. The van der Waals surface area contributed by atoms with E-state index in [1.54, 1.807) is 24.3 Å². The third-order valence-electron chi connectivity index (χ3n) is 6.70. The Morgan fingerprint density at radius 3 is 1.10 bits per heavy atom. The van der Waals surface area contributed by atoms with Gasteiger partial charge in [0.2, 0.25) is 20.0 Å². The van der Waals surface area contributed by atoms with E-state index in [0.717, 1.165) is 11.1 Å². The van der Waals surface area contributed by atoms with Crippen molar-refractivity contribution < 1.29 is 36.6 Å². The number of benzene rings is 2. The number of carbonyl (C=O) groups is 2. The third-order valence-corrected chi connectivity index (χ3v) is 10.5. The highest BCUT2D eigenvalue weighted by Gasteiger charge is 2.30. The molecule has 2 aromatic rings. The Morgan fingerprint density at radius 2 is 0.850 bits per heavy atom. The summed E-state index contributed by atoms with van der Waals surface area (Å²) in [6, 6.07) is 12.7. The molecule has 2 N–H and O–H groups in total. The standard InChI is InChI=1S/C26H36N4O8S2/c1-21-3-7-23(8-4-21)39(35,36)29-15-11-27(19-25(31)32)13-17-30(18-14-28(12-16-29)20-26(33)34)40(37,38)24-9-5-22(2)6-10-24/h3-10H,11-20H2,1-2H3,(H,31,32)(H,33,34). The van der Waals surface area contributed by atoms with Crippen LogP contribution >= 0.6 is 0 Å². The zero-order chi connectivity index (χ0) is 29.5. The predicted molar refractivity (Wildman–Crippen MR) is 148 cm³/mol. The molecule has 0 unspecified atom stereocenters. The average Bonchev–Trinajstić information content (AvgIpc) is 2.86. The zero-order valence-electron chi connectivity index (χ0n) is 22.6. The van der Waals surface area contributed by atoms with E-state index in [4.69, 9.17) is 0 Å². The second kappa shape index (κ2) is 13.7. The quantitative estimate of drug-likeness (QED) is 0.446. The fourth-order valence-corrected chi connectivity index (χ4v) is 7.20. The van der Waals surface area contributed by atoms with Crippen LogP contribution in [0.3, 0.4) is 0 Å². The normalized spacial score (nSPS) is 18.1. The molecule has 0 atom stereocenters. The van der Waals surface area contributed by atoms with E-state index in [2.05, 4.69) is 0 Å². The summed E-state index contributed by atoms with van der Waals surface area (Å²) in [7, 11) is -7.93. The van der Waals surface area contributed by atoms with Crippen LogP contribution in [0, 0.1) is 13.8 Å². The van der Waals surface area contributed by atoms with Crippen molar-refractivity contribution in [3.8, 4) is 0 Å². The minimum Gasteiger partial charge on any atom is -0.480 e. The topological polar surface area (TPSA) is 156 Å². The SMILES string of the molecule is Cc1ccc(S(=O)(=O)N2CCN(CC(=O)O)CCN(S(=O)(=O)c3ccc(C)cc3)CCN(CC(=O)O)CC2)cc1. The molecule has 40 heavy (non-hydrogen) atoms. The minimum atomic E-state index is -3.97. The highest BCUT2D eigenvalue weighted by Crippen LogP contribution is 2.19. The second-order valence-corrected chi connectivity index (χ2v) is 13.6. The first kappa shape index (κ1) is 31.6. The Hall–Kier alpha value is -2.88. The highest BCUT2D eigenvalue weighted by molar-refractivity contribution is 7.89. The number of hydrogen-bond acceptors (Lipinski definition) is 8. The summed E-state index contributed by atoms with van der Waals surface area (Å²) in [6.07, 6.45) is 0. The zero-order valence-corrected chi connectivity index (χ0v) is 24.3. The number of aryl methyl sites for hydroxylation is 2. The molecule has 12 nitrogen and oxygen atoms in total. The summed E-state index contributed by atoms with van der Waals surface area (Å²) in [4.78, 5) is 26.3. The number of nitrogens with zero attached hydrogens (tertiary/aromatic N) is 4. The lowest BCUT2D eigenvalue weighted by Gasteiger charge is -2.32. The average molecular weight is 597 g/mol. The molecule has 0 spiro atoms. The van der Waals surface area contributed by atoms with Crippen LogP contribution in [-0.2, 0) is 29.6 Å². The monoisotopic (exact) mass is 596 g/mol. The van der Waals surface area contributed by atoms with Gasteiger partial charge >= 0.3 is 11.9 Å². The van der Waals surface area contributed by atoms with Gasteiger partial charge in [0.05, 0.1) is 22.9 Å². The van der Waals surface area contributed by atoms with E-state index in [1.807, 2.05) is 13.8 Å². The Kier molecular flexibility index (Phi) is 10.8. The van der Waals surface area contributed by atoms with Crippen molar-refractivity contribution in [3.63, 3.8) is 0 Å². The van der Waals surface area contributed by atoms with E-state index in [9.17, 15) is 36.6 Å². The Labute approximate surface area is 235 Å². The lowest BCUT2D eigenvalue weighted by molar-refractivity contribution is -0.139. The van der Waals surface area contributed by atoms with Gasteiger partial charge in [-0.25, -0.2) is 16.8 Å². The van der Waals surface area contributed by atoms with Crippen molar-refractivity contribution in [2.75, 3.05) is 65.4 Å². The molecule has 0 bridgehead atoms. The molecule has 220 valence electrons. The smallest absolute Gasteiger partial charge is 0.317 e. The summed E-state index contributed by atoms with van der Waals surface area (Å²) in [6.45, 7) is 2.77. The van der Waals surface area contributed by atoms with E-state index in [1.165, 1.54) is 42.7 Å². The van der Waals surface area contributed by atoms with E-state index >= 15 is 0 Å². The summed E-state index contributed by atoms with van der Waals surface area (Å²) in [5, 5.41) is 18.9. The van der Waals surface area contributed by atoms with Crippen LogP contribution in [0.2, 0.25) is 0 Å². The van der Waals surface area contributed by atoms with E-state index in [-0.39, 0.29) is 62.1 Å². The fraction of sp³-hybridized carbons (Fsp3) is 0.462. The molecule has 1 aliphatic rings. The molecule has 1 saturated heterocycles. The number of sulfonamides is 2. The maximum atomic E-state index is 13.5. The molecule has 0 aliphatic carbocycles. The third kappa shape index (κ3) is 8.56. The Morgan fingerprint density at radius 1 is 0.575 bits per heavy atom. The molecule has 1 heterocycles. The number of carboxylic acids is 2. The number of carboxylic acid groups (broad SMARTS) is 2. The summed E-state index contributed by atoms with van der Waals surface area (Å²) in [5.74, 6) is -2.25. The van der Waals surface area contributed by atoms with E-state index < -0.39 is 45.1 Å². The molecule has 14 heteroatoms. The molecule has 2 aromatic carbocycles. The van der Waals surface area contributed by atoms with Crippen LogP contribution < -0.4 is 0 Å². The van der Waals surface area contributed by atoms with Crippen molar-refractivity contribution in [1.29, 1.82) is 0 Å². The van der Waals surface area contributed by atoms with Gasteiger partial charge in [-0.15, -0.1) is 0 Å². The first-order valence-corrected chi connectivity index (χ1v) is 15.7. The maximum absolute atomic E-state index is 13.5. The van der Waals surface area contributed by atoms with Gasteiger partial charge < -0.3 is 10.2 Å². The molecule has 0 amide bonds. The summed E-state index contributed by atoms with van der Waals surface area (Å²) in [5.41, 5.74) is 1.77. The predicted octanol–water partition coefficient (Wildman–Crippen LogP) is 0.772. The second-order valence-electron chi connectivity index (χ2n) is 9.77. The number of hydrogen-bond donors (Lipinski definition) is 2. The summed E-state index contributed by atoms with van der Waals surface area (Å²) < 4.78 is 56.5. The number of aliphatic carboxylic acids is 2. The van der Waals surface area contributed by atoms with Crippen LogP contribution in [0.25, 0.3) is 0 Å². The van der Waals surface area contributed by atoms with Gasteiger partial charge in [-0.3, -0.25) is 19.4 Å². The fourth-order valence-electron chi connectivity index (χ4n) is 4.36. The number of rotatable bonds is 8. The molecule has 0 radical (unpaired) electrons. The lowest BCUT2D eigenvalue weighted by atomic mass is 10.2. The van der Waals surface area contributed by atoms with Crippen LogP contribution in [-0.4, -0.2) is 123 Å². The largest absolute Gasteiger partial charge is 0.480 e. The van der Waals surface area contributed by atoms with Gasteiger partial charge in [0.1, 0.15) is 0 Å². The van der Waals surface area contributed by atoms with Crippen LogP contribution in [0.1, 0.15) is 11.1 Å². The van der Waals surface area contributed by atoms with Gasteiger partial charge in [-0.1, -0.05) is 35.4 Å². The Balaban J connectivity index is 1.93. The maximum Gasteiger partial charge on any atom is 0.317 e. The van der Waals surface area contributed by atoms with Gasteiger partial charge in [0, 0.05) is 52.4 Å².